The Kier molecular flexibility index (Phi) is 3.70. The third kappa shape index (κ3) is 3.64. The van der Waals surface area contributed by atoms with Crippen molar-refractivity contribution in [2.24, 2.45) is 0 Å². The second-order valence-electron chi connectivity index (χ2n) is 9.71. The molecule has 0 atom stereocenters. The molecular formula is C33H35N. The van der Waals surface area contributed by atoms with Crippen LogP contribution in [0.3, 0.4) is 0 Å². The van der Waals surface area contributed by atoms with Crippen LogP contribution in [0.25, 0.3) is 22.3 Å². The minimum absolute atomic E-state index is 0.132. The molecule has 0 saturated heterocycles. The van der Waals surface area contributed by atoms with Crippen molar-refractivity contribution in [3.05, 3.63) is 107 Å². The Labute approximate surface area is 216 Å². The summed E-state index contributed by atoms with van der Waals surface area (Å²) in [7, 11) is 0. The van der Waals surface area contributed by atoms with Crippen LogP contribution in [0, 0.1) is 0 Å². The SMILES string of the molecule is [2H]C(C)(C)c1c(Nc2cc3c(cc2C([2H])(C([2H])([2H])[2H])C([2H])([2H])[2H])-c2ccccc2C3(C)C)cccc1-c1ccccc1. The Hall–Kier alpha value is -3.32. The normalized spacial score (nSPS) is 18.6. The third-order valence-electron chi connectivity index (χ3n) is 6.91. The lowest BCUT2D eigenvalue weighted by molar-refractivity contribution is 0.660. The molecule has 1 nitrogen and oxygen atoms in total. The number of hydrogen-bond acceptors (Lipinski definition) is 1. The molecule has 0 fully saturated rings. The highest BCUT2D eigenvalue weighted by molar-refractivity contribution is 5.85. The second-order valence-corrected chi connectivity index (χ2v) is 9.71. The van der Waals surface area contributed by atoms with Gasteiger partial charge in [-0.05, 0) is 74.5 Å². The van der Waals surface area contributed by atoms with Gasteiger partial charge in [-0.25, -0.2) is 0 Å². The van der Waals surface area contributed by atoms with Crippen molar-refractivity contribution in [2.75, 3.05) is 5.32 Å². The fraction of sp³-hybridized carbons (Fsp3) is 0.273. The Bertz CT molecular complexity index is 1630. The van der Waals surface area contributed by atoms with Crippen molar-refractivity contribution in [2.45, 2.75) is 58.6 Å². The van der Waals surface area contributed by atoms with Crippen LogP contribution in [0.4, 0.5) is 11.4 Å². The van der Waals surface area contributed by atoms with E-state index in [0.29, 0.717) is 11.3 Å². The maximum absolute atomic E-state index is 9.17. The van der Waals surface area contributed by atoms with E-state index in [4.69, 9.17) is 11.0 Å². The lowest BCUT2D eigenvalue weighted by Crippen LogP contribution is -2.15. The van der Waals surface area contributed by atoms with Gasteiger partial charge in [-0.3, -0.25) is 0 Å². The maximum Gasteiger partial charge on any atom is 0.0425 e. The molecule has 0 heterocycles. The Morgan fingerprint density at radius 3 is 2.15 bits per heavy atom. The highest BCUT2D eigenvalue weighted by Crippen LogP contribution is 2.51. The van der Waals surface area contributed by atoms with Crippen LogP contribution >= 0.6 is 0 Å². The molecule has 0 bridgehead atoms. The summed E-state index contributed by atoms with van der Waals surface area (Å²) in [6, 6.07) is 26.5. The van der Waals surface area contributed by atoms with Gasteiger partial charge in [0.15, 0.2) is 0 Å². The molecule has 34 heavy (non-hydrogen) atoms. The van der Waals surface area contributed by atoms with Crippen LogP contribution in [0.15, 0.2) is 84.9 Å². The first-order valence-electron chi connectivity index (χ1n) is 15.6. The summed E-state index contributed by atoms with van der Waals surface area (Å²) in [5.74, 6) is -4.00. The summed E-state index contributed by atoms with van der Waals surface area (Å²) in [5.41, 5.74) is 6.17. The summed E-state index contributed by atoms with van der Waals surface area (Å²) >= 11 is 0. The Morgan fingerprint density at radius 1 is 0.706 bits per heavy atom. The number of hydrogen-bond donors (Lipinski definition) is 1. The molecule has 0 aliphatic heterocycles. The van der Waals surface area contributed by atoms with E-state index >= 15 is 0 Å². The van der Waals surface area contributed by atoms with Gasteiger partial charge in [-0.15, -0.1) is 0 Å². The lowest BCUT2D eigenvalue weighted by atomic mass is 9.81. The first-order chi connectivity index (χ1) is 19.4. The lowest BCUT2D eigenvalue weighted by Gasteiger charge is -2.25. The van der Waals surface area contributed by atoms with Gasteiger partial charge in [0.2, 0.25) is 0 Å². The zero-order valence-corrected chi connectivity index (χ0v) is 20.1. The van der Waals surface area contributed by atoms with Crippen molar-refractivity contribution in [1.82, 2.24) is 0 Å². The predicted molar refractivity (Wildman–Crippen MR) is 147 cm³/mol. The molecule has 1 heteroatoms. The van der Waals surface area contributed by atoms with Gasteiger partial charge in [-0.1, -0.05) is 108 Å². The Balaban J connectivity index is 1.83. The molecule has 4 aromatic rings. The molecule has 0 unspecified atom stereocenters. The van der Waals surface area contributed by atoms with Crippen molar-refractivity contribution >= 4 is 11.4 Å². The molecular weight excluding hydrogens is 410 g/mol. The fourth-order valence-electron chi connectivity index (χ4n) is 5.26. The summed E-state index contributed by atoms with van der Waals surface area (Å²) < 4.78 is 68.0. The number of nitrogens with one attached hydrogen (secondary N) is 1. The predicted octanol–water partition coefficient (Wildman–Crippen LogP) is 9.65. The van der Waals surface area contributed by atoms with E-state index in [-0.39, 0.29) is 11.3 Å². The van der Waals surface area contributed by atoms with Crippen molar-refractivity contribution < 1.29 is 11.0 Å². The van der Waals surface area contributed by atoms with Crippen LogP contribution in [-0.4, -0.2) is 0 Å². The van der Waals surface area contributed by atoms with Gasteiger partial charge in [0.25, 0.3) is 0 Å². The van der Waals surface area contributed by atoms with Crippen molar-refractivity contribution in [3.63, 3.8) is 0 Å². The van der Waals surface area contributed by atoms with E-state index in [2.05, 4.69) is 19.2 Å². The second kappa shape index (κ2) is 8.47. The van der Waals surface area contributed by atoms with Crippen LogP contribution in [0.5, 0.6) is 0 Å². The first kappa shape index (κ1) is 14.8. The zero-order chi connectivity index (χ0) is 30.9. The largest absolute Gasteiger partial charge is 0.355 e. The highest BCUT2D eigenvalue weighted by atomic mass is 14.9. The number of anilines is 2. The van der Waals surface area contributed by atoms with E-state index in [0.717, 1.165) is 33.4 Å². The molecule has 0 spiro atoms. The average molecular weight is 454 g/mol. The minimum Gasteiger partial charge on any atom is -0.355 e. The molecule has 0 radical (unpaired) electrons. The average Bonchev–Trinajstić information content (AvgIpc) is 3.12. The monoisotopic (exact) mass is 453 g/mol. The molecule has 1 N–H and O–H groups in total. The molecule has 0 amide bonds. The summed E-state index contributed by atoms with van der Waals surface area (Å²) in [5, 5.41) is 3.36. The number of fused-ring (bicyclic) bond motifs is 3. The molecule has 1 aliphatic rings. The molecule has 1 aliphatic carbocycles. The van der Waals surface area contributed by atoms with Crippen LogP contribution < -0.4 is 5.32 Å². The minimum atomic E-state index is -3.17. The van der Waals surface area contributed by atoms with Gasteiger partial charge in [0.05, 0.1) is 0 Å². The highest BCUT2D eigenvalue weighted by Gasteiger charge is 2.36. The van der Waals surface area contributed by atoms with Gasteiger partial charge in [-0.2, -0.15) is 0 Å². The molecule has 5 rings (SSSR count). The maximum atomic E-state index is 9.17. The quantitative estimate of drug-likeness (QED) is 0.317. The summed E-state index contributed by atoms with van der Waals surface area (Å²) in [6.45, 7) is 1.39. The van der Waals surface area contributed by atoms with E-state index in [1.165, 1.54) is 0 Å². The van der Waals surface area contributed by atoms with Gasteiger partial charge >= 0.3 is 0 Å². The van der Waals surface area contributed by atoms with Gasteiger partial charge in [0.1, 0.15) is 0 Å². The van der Waals surface area contributed by atoms with Gasteiger partial charge in [0, 0.05) is 27.8 Å². The van der Waals surface area contributed by atoms with E-state index in [9.17, 15) is 0 Å². The van der Waals surface area contributed by atoms with Crippen molar-refractivity contribution in [3.8, 4) is 22.3 Å². The standard InChI is InChI=1S/C33H35N/c1-21(2)26-19-27-25-15-10-11-17-28(25)33(5,6)29(27)20-31(26)34-30-18-12-16-24(32(30)22(3)4)23-13-8-7-9-14-23/h7-22,34H,1-6H3/i1D3,2D3,21D,22D. The molecule has 0 aromatic heterocycles. The summed E-state index contributed by atoms with van der Waals surface area (Å²) in [4.78, 5) is 0. The van der Waals surface area contributed by atoms with Crippen molar-refractivity contribution in [1.29, 1.82) is 0 Å². The van der Waals surface area contributed by atoms with Gasteiger partial charge < -0.3 is 5.32 Å². The van der Waals surface area contributed by atoms with Crippen LogP contribution in [0.1, 0.15) is 86.4 Å². The topological polar surface area (TPSA) is 12.0 Å². The molecule has 0 saturated carbocycles. The first-order valence-corrected chi connectivity index (χ1v) is 11.6. The number of benzene rings is 4. The zero-order valence-electron chi connectivity index (χ0n) is 28.1. The smallest absolute Gasteiger partial charge is 0.0425 e. The van der Waals surface area contributed by atoms with Crippen LogP contribution in [0.2, 0.25) is 0 Å². The molecule has 4 aromatic carbocycles. The molecule has 172 valence electrons. The Morgan fingerprint density at radius 2 is 1.41 bits per heavy atom. The van der Waals surface area contributed by atoms with Crippen LogP contribution in [-0.2, 0) is 5.41 Å². The van der Waals surface area contributed by atoms with E-state index < -0.39 is 30.9 Å². The van der Waals surface area contributed by atoms with E-state index in [1.54, 1.807) is 26.0 Å². The summed E-state index contributed by atoms with van der Waals surface area (Å²) in [6.07, 6.45) is 0. The number of rotatable bonds is 5. The van der Waals surface area contributed by atoms with E-state index in [1.807, 2.05) is 72.8 Å². The third-order valence-corrected chi connectivity index (χ3v) is 6.91. The fourth-order valence-corrected chi connectivity index (χ4v) is 5.26.